The highest BCUT2D eigenvalue weighted by atomic mass is 16.4. The first-order chi connectivity index (χ1) is 19.9. The molecular weight excluding hydrogens is 532 g/mol. The Morgan fingerprint density at radius 2 is 1.74 bits per heavy atom. The fourth-order valence-corrected chi connectivity index (χ4v) is 5.82. The minimum Gasteiger partial charge on any atom is -0.465 e. The van der Waals surface area contributed by atoms with E-state index in [1.165, 1.54) is 0 Å². The summed E-state index contributed by atoms with van der Waals surface area (Å²) in [7, 11) is 6.04. The summed E-state index contributed by atoms with van der Waals surface area (Å²) in [4.78, 5) is 49.0. The van der Waals surface area contributed by atoms with Gasteiger partial charge in [0.15, 0.2) is 0 Å². The molecule has 10 nitrogen and oxygen atoms in total. The smallest absolute Gasteiger partial charge is 0.404 e. The van der Waals surface area contributed by atoms with Gasteiger partial charge in [0.25, 0.3) is 11.5 Å². The third kappa shape index (κ3) is 7.36. The molecule has 3 aromatic rings. The highest BCUT2D eigenvalue weighted by molar-refractivity contribution is 5.98. The molecule has 4 N–H and O–H groups in total. The summed E-state index contributed by atoms with van der Waals surface area (Å²) in [6.07, 6.45) is 4.04. The first-order valence-corrected chi connectivity index (χ1v) is 14.4. The lowest BCUT2D eigenvalue weighted by molar-refractivity contribution is 0.0950. The van der Waals surface area contributed by atoms with Crippen molar-refractivity contribution in [1.82, 2.24) is 25.5 Å². The molecule has 42 heavy (non-hydrogen) atoms. The Morgan fingerprint density at radius 3 is 2.33 bits per heavy atom. The number of rotatable bonds is 9. The van der Waals surface area contributed by atoms with Crippen LogP contribution in [0.2, 0.25) is 0 Å². The number of hydrogen-bond acceptors (Lipinski definition) is 6. The number of carbonyl (C=O) groups excluding carboxylic acids is 1. The van der Waals surface area contributed by atoms with E-state index in [-0.39, 0.29) is 30.1 Å². The first-order valence-electron chi connectivity index (χ1n) is 14.4. The first kappa shape index (κ1) is 30.8. The second kappa shape index (κ2) is 13.2. The van der Waals surface area contributed by atoms with Crippen LogP contribution in [-0.4, -0.2) is 65.2 Å². The maximum Gasteiger partial charge on any atom is 0.404 e. The van der Waals surface area contributed by atoms with Crippen LogP contribution in [0.3, 0.4) is 0 Å². The molecule has 0 atom stereocenters. The zero-order chi connectivity index (χ0) is 30.6. The number of benzene rings is 1. The van der Waals surface area contributed by atoms with Gasteiger partial charge in [0, 0.05) is 66.5 Å². The van der Waals surface area contributed by atoms with Gasteiger partial charge in [-0.15, -0.1) is 0 Å². The number of pyridine rings is 2. The van der Waals surface area contributed by atoms with Crippen molar-refractivity contribution in [3.63, 3.8) is 0 Å². The molecule has 1 fully saturated rings. The van der Waals surface area contributed by atoms with Crippen LogP contribution in [0.1, 0.15) is 64.1 Å². The monoisotopic (exact) mass is 574 g/mol. The van der Waals surface area contributed by atoms with Gasteiger partial charge in [-0.1, -0.05) is 6.07 Å². The molecule has 4 rings (SSSR count). The van der Waals surface area contributed by atoms with E-state index in [2.05, 4.69) is 36.5 Å². The number of nitrogens with zero attached hydrogens (tertiary/aromatic N) is 3. The predicted molar refractivity (Wildman–Crippen MR) is 165 cm³/mol. The third-order valence-electron chi connectivity index (χ3n) is 8.13. The molecule has 2 amide bonds. The predicted octanol–water partition coefficient (Wildman–Crippen LogP) is 4.37. The van der Waals surface area contributed by atoms with Crippen molar-refractivity contribution in [1.29, 1.82) is 0 Å². The molecule has 0 unspecified atom stereocenters. The Kier molecular flexibility index (Phi) is 9.67. The van der Waals surface area contributed by atoms with E-state index in [9.17, 15) is 14.4 Å². The topological polar surface area (TPSA) is 131 Å². The van der Waals surface area contributed by atoms with Gasteiger partial charge in [-0.05, 0) is 102 Å². The molecule has 1 aliphatic carbocycles. The van der Waals surface area contributed by atoms with E-state index in [1.807, 2.05) is 72.4 Å². The number of carboxylic acid groups (broad SMARTS) is 1. The van der Waals surface area contributed by atoms with Gasteiger partial charge in [-0.2, -0.15) is 0 Å². The van der Waals surface area contributed by atoms with Gasteiger partial charge in [-0.25, -0.2) is 4.79 Å². The number of aromatic nitrogens is 2. The van der Waals surface area contributed by atoms with Crippen LogP contribution in [0, 0.1) is 20.8 Å². The third-order valence-corrected chi connectivity index (χ3v) is 8.13. The maximum absolute atomic E-state index is 13.7. The molecule has 0 spiro atoms. The number of hydrogen-bond donors (Lipinski definition) is 4. The second-order valence-electron chi connectivity index (χ2n) is 11.6. The Bertz CT molecular complexity index is 1490. The minimum atomic E-state index is -0.987. The largest absolute Gasteiger partial charge is 0.465 e. The zero-order valence-electron chi connectivity index (χ0n) is 25.4. The molecule has 0 radical (unpaired) electrons. The molecule has 0 aliphatic heterocycles. The molecule has 10 heteroatoms. The molecule has 1 aromatic carbocycles. The standard InChI is InChI=1S/C32H42N6O4/c1-19-13-20(2)35-31(40)28(19)17-34-30(39)27-14-23(22-7-8-25(33-16-22)18-37(4)5)15-29(21(27)3)38(6)26-11-9-24(10-12-26)36-32(41)42/h7-8,13-16,24,26,36H,9-12,17-18H2,1-6H3,(H,34,39)(H,35,40)(H,41,42). The highest BCUT2D eigenvalue weighted by Gasteiger charge is 2.27. The van der Waals surface area contributed by atoms with Crippen molar-refractivity contribution in [2.45, 2.75) is 71.6 Å². The maximum atomic E-state index is 13.7. The van der Waals surface area contributed by atoms with Crippen molar-refractivity contribution < 1.29 is 14.7 Å². The summed E-state index contributed by atoms with van der Waals surface area (Å²) in [5, 5.41) is 14.7. The quantitative estimate of drug-likeness (QED) is 0.299. The molecule has 0 bridgehead atoms. The van der Waals surface area contributed by atoms with Crippen LogP contribution in [0.4, 0.5) is 10.5 Å². The van der Waals surface area contributed by atoms with Crippen molar-refractivity contribution >= 4 is 17.7 Å². The molecule has 2 heterocycles. The summed E-state index contributed by atoms with van der Waals surface area (Å²) >= 11 is 0. The van der Waals surface area contributed by atoms with E-state index >= 15 is 0 Å². The zero-order valence-corrected chi connectivity index (χ0v) is 25.4. The SMILES string of the molecule is Cc1cc(C)c(CNC(=O)c2cc(-c3ccc(CN(C)C)nc3)cc(N(C)C3CCC(NC(=O)O)CC3)c2C)c(=O)[nH]1. The lowest BCUT2D eigenvalue weighted by Crippen LogP contribution is -2.42. The van der Waals surface area contributed by atoms with Gasteiger partial charge in [0.2, 0.25) is 0 Å². The van der Waals surface area contributed by atoms with Gasteiger partial charge in [-0.3, -0.25) is 14.6 Å². The molecule has 0 saturated heterocycles. The Hall–Kier alpha value is -4.18. The average Bonchev–Trinajstić information content (AvgIpc) is 2.92. The van der Waals surface area contributed by atoms with Crippen LogP contribution in [0.5, 0.6) is 0 Å². The van der Waals surface area contributed by atoms with E-state index in [0.717, 1.165) is 71.6 Å². The number of nitrogens with one attached hydrogen (secondary N) is 3. The van der Waals surface area contributed by atoms with E-state index < -0.39 is 6.09 Å². The lowest BCUT2D eigenvalue weighted by Gasteiger charge is -2.37. The fourth-order valence-electron chi connectivity index (χ4n) is 5.82. The van der Waals surface area contributed by atoms with E-state index in [4.69, 9.17) is 5.11 Å². The van der Waals surface area contributed by atoms with Crippen molar-refractivity contribution in [2.75, 3.05) is 26.0 Å². The number of anilines is 1. The lowest BCUT2D eigenvalue weighted by atomic mass is 9.89. The van der Waals surface area contributed by atoms with Crippen LogP contribution >= 0.6 is 0 Å². The molecule has 224 valence electrons. The molecule has 1 saturated carbocycles. The number of amides is 2. The summed E-state index contributed by atoms with van der Waals surface area (Å²) in [6, 6.07) is 10.1. The fraction of sp³-hybridized carbons (Fsp3) is 0.438. The molecular formula is C32H42N6O4. The van der Waals surface area contributed by atoms with Gasteiger partial charge < -0.3 is 30.5 Å². The second-order valence-corrected chi connectivity index (χ2v) is 11.6. The van der Waals surface area contributed by atoms with Gasteiger partial charge in [0.1, 0.15) is 0 Å². The molecule has 1 aliphatic rings. The summed E-state index contributed by atoms with van der Waals surface area (Å²) < 4.78 is 0. The van der Waals surface area contributed by atoms with Crippen molar-refractivity contribution in [3.8, 4) is 11.1 Å². The van der Waals surface area contributed by atoms with Gasteiger partial charge >= 0.3 is 6.09 Å². The number of H-pyrrole nitrogens is 1. The average molecular weight is 575 g/mol. The van der Waals surface area contributed by atoms with Crippen LogP contribution in [-0.2, 0) is 13.1 Å². The summed E-state index contributed by atoms with van der Waals surface area (Å²) in [5.74, 6) is -0.255. The minimum absolute atomic E-state index is 0.0407. The van der Waals surface area contributed by atoms with Crippen LogP contribution in [0.25, 0.3) is 11.1 Å². The summed E-state index contributed by atoms with van der Waals surface area (Å²) in [6.45, 7) is 6.50. The summed E-state index contributed by atoms with van der Waals surface area (Å²) in [5.41, 5.74) is 7.00. The van der Waals surface area contributed by atoms with Crippen molar-refractivity contribution in [3.05, 3.63) is 80.5 Å². The van der Waals surface area contributed by atoms with E-state index in [0.29, 0.717) is 11.1 Å². The Morgan fingerprint density at radius 1 is 1.02 bits per heavy atom. The van der Waals surface area contributed by atoms with Crippen LogP contribution in [0.15, 0.2) is 41.3 Å². The van der Waals surface area contributed by atoms with Crippen molar-refractivity contribution in [2.24, 2.45) is 0 Å². The Balaban J connectivity index is 1.66. The van der Waals surface area contributed by atoms with Crippen LogP contribution < -0.4 is 21.1 Å². The van der Waals surface area contributed by atoms with E-state index in [1.54, 1.807) is 0 Å². The molecule has 2 aromatic heterocycles. The normalized spacial score (nSPS) is 16.7. The van der Waals surface area contributed by atoms with Gasteiger partial charge in [0.05, 0.1) is 5.69 Å². The number of carbonyl (C=O) groups is 2. The number of aromatic amines is 1. The number of aryl methyl sites for hydroxylation is 2. The Labute approximate surface area is 247 Å². The highest BCUT2D eigenvalue weighted by Crippen LogP contribution is 2.34.